The molecule has 1 aromatic heterocycles. The Balaban J connectivity index is 1.99. The van der Waals surface area contributed by atoms with Crippen LogP contribution in [0.3, 0.4) is 0 Å². The van der Waals surface area contributed by atoms with Crippen LogP contribution < -0.4 is 10.5 Å². The summed E-state index contributed by atoms with van der Waals surface area (Å²) in [6.45, 7) is 4.74. The minimum atomic E-state index is 0.0230. The van der Waals surface area contributed by atoms with Gasteiger partial charge >= 0.3 is 0 Å². The largest absolute Gasteiger partial charge is 0.487 e. The third-order valence-electron chi connectivity index (χ3n) is 2.99. The van der Waals surface area contributed by atoms with Gasteiger partial charge in [-0.2, -0.15) is 0 Å². The zero-order valence-electron chi connectivity index (χ0n) is 12.1. The first kappa shape index (κ1) is 14.6. The van der Waals surface area contributed by atoms with E-state index in [0.717, 1.165) is 22.6 Å². The Morgan fingerprint density at radius 3 is 2.75 bits per heavy atom. The van der Waals surface area contributed by atoms with Gasteiger partial charge in [0.1, 0.15) is 24.7 Å². The smallest absolute Gasteiger partial charge is 0.162 e. The topological polar surface area (TPSA) is 70.5 Å². The highest BCUT2D eigenvalue weighted by Gasteiger charge is 2.07. The van der Waals surface area contributed by atoms with Crippen LogP contribution in [0.4, 0.5) is 0 Å². The lowest BCUT2D eigenvalue weighted by Gasteiger charge is -2.11. The van der Waals surface area contributed by atoms with Crippen molar-refractivity contribution in [2.24, 2.45) is 5.73 Å². The summed E-state index contributed by atoms with van der Waals surface area (Å²) in [4.78, 5) is 0. The van der Waals surface area contributed by atoms with Crippen LogP contribution in [0.2, 0.25) is 0 Å². The molecule has 0 aliphatic carbocycles. The van der Waals surface area contributed by atoms with Crippen LogP contribution in [0.5, 0.6) is 5.75 Å². The average molecular weight is 276 g/mol. The molecule has 0 amide bonds. The van der Waals surface area contributed by atoms with Crippen molar-refractivity contribution in [3.63, 3.8) is 0 Å². The molecule has 0 saturated heterocycles. The van der Waals surface area contributed by atoms with Crippen LogP contribution in [-0.2, 0) is 18.0 Å². The minimum Gasteiger partial charge on any atom is -0.487 e. The second-order valence-electron chi connectivity index (χ2n) is 4.82. The van der Waals surface area contributed by atoms with Gasteiger partial charge in [-0.3, -0.25) is 0 Å². The highest BCUT2D eigenvalue weighted by molar-refractivity contribution is 5.37. The van der Waals surface area contributed by atoms with Gasteiger partial charge in [0.15, 0.2) is 5.76 Å². The van der Waals surface area contributed by atoms with Crippen molar-refractivity contribution in [1.82, 2.24) is 5.16 Å². The Bertz CT molecular complexity index is 564. The fourth-order valence-electron chi connectivity index (χ4n) is 1.90. The van der Waals surface area contributed by atoms with Crippen LogP contribution in [0.25, 0.3) is 0 Å². The van der Waals surface area contributed by atoms with Crippen LogP contribution in [0.15, 0.2) is 28.8 Å². The summed E-state index contributed by atoms with van der Waals surface area (Å²) >= 11 is 0. The molecule has 20 heavy (non-hydrogen) atoms. The fraction of sp³-hybridized carbons (Fsp3) is 0.400. The van der Waals surface area contributed by atoms with Crippen molar-refractivity contribution in [3.05, 3.63) is 46.8 Å². The Hall–Kier alpha value is -1.85. The van der Waals surface area contributed by atoms with Gasteiger partial charge in [0.2, 0.25) is 0 Å². The maximum absolute atomic E-state index is 5.85. The molecule has 0 saturated carbocycles. The fourth-order valence-corrected chi connectivity index (χ4v) is 1.90. The molecule has 0 aliphatic rings. The molecule has 5 nitrogen and oxygen atoms in total. The van der Waals surface area contributed by atoms with E-state index >= 15 is 0 Å². The summed E-state index contributed by atoms with van der Waals surface area (Å²) in [5.74, 6) is 1.51. The predicted molar refractivity (Wildman–Crippen MR) is 75.3 cm³/mol. The van der Waals surface area contributed by atoms with E-state index in [1.807, 2.05) is 38.1 Å². The zero-order valence-corrected chi connectivity index (χ0v) is 12.1. The van der Waals surface area contributed by atoms with Gasteiger partial charge in [-0.15, -0.1) is 0 Å². The summed E-state index contributed by atoms with van der Waals surface area (Å²) in [5.41, 5.74) is 8.75. The second-order valence-corrected chi connectivity index (χ2v) is 4.82. The molecule has 1 atom stereocenters. The van der Waals surface area contributed by atoms with Crippen molar-refractivity contribution in [2.75, 3.05) is 7.11 Å². The highest BCUT2D eigenvalue weighted by atomic mass is 16.5. The van der Waals surface area contributed by atoms with E-state index in [9.17, 15) is 0 Å². The van der Waals surface area contributed by atoms with Crippen molar-refractivity contribution in [3.8, 4) is 5.75 Å². The van der Waals surface area contributed by atoms with Gasteiger partial charge in [0, 0.05) is 19.2 Å². The molecule has 2 rings (SSSR count). The molecular formula is C15H20N2O3. The molecule has 1 aromatic carbocycles. The number of benzene rings is 1. The maximum Gasteiger partial charge on any atom is 0.162 e. The summed E-state index contributed by atoms with van der Waals surface area (Å²) < 4.78 is 15.8. The average Bonchev–Trinajstić information content (AvgIpc) is 2.85. The Morgan fingerprint density at radius 1 is 1.30 bits per heavy atom. The van der Waals surface area contributed by atoms with Gasteiger partial charge in [-0.05, 0) is 31.0 Å². The minimum absolute atomic E-state index is 0.0230. The normalized spacial score (nSPS) is 12.4. The van der Waals surface area contributed by atoms with E-state index in [1.54, 1.807) is 7.11 Å². The molecule has 2 N–H and O–H groups in total. The zero-order chi connectivity index (χ0) is 14.5. The number of hydrogen-bond donors (Lipinski definition) is 1. The number of aromatic nitrogens is 1. The molecule has 0 aliphatic heterocycles. The van der Waals surface area contributed by atoms with Gasteiger partial charge in [-0.1, -0.05) is 17.3 Å². The molecule has 5 heteroatoms. The summed E-state index contributed by atoms with van der Waals surface area (Å²) in [6.07, 6.45) is 0. The molecule has 108 valence electrons. The Kier molecular flexibility index (Phi) is 4.76. The standard InChI is InChI=1S/C15H20N2O3/c1-10-6-12(11(2)16)4-5-15(10)19-8-13-7-14(9-18-3)20-17-13/h4-7,11H,8-9,16H2,1-3H3/t11-/m1/s1. The number of aryl methyl sites for hydroxylation is 1. The summed E-state index contributed by atoms with van der Waals surface area (Å²) in [5, 5.41) is 3.93. The third-order valence-corrected chi connectivity index (χ3v) is 2.99. The van der Waals surface area contributed by atoms with E-state index in [2.05, 4.69) is 5.16 Å². The Labute approximate surface area is 118 Å². The van der Waals surface area contributed by atoms with Gasteiger partial charge in [-0.25, -0.2) is 0 Å². The lowest BCUT2D eigenvalue weighted by molar-refractivity contribution is 0.155. The van der Waals surface area contributed by atoms with Crippen molar-refractivity contribution in [1.29, 1.82) is 0 Å². The predicted octanol–water partition coefficient (Wildman–Crippen LogP) is 2.73. The quantitative estimate of drug-likeness (QED) is 0.878. The Morgan fingerprint density at radius 2 is 2.10 bits per heavy atom. The van der Waals surface area contributed by atoms with Crippen molar-refractivity contribution in [2.45, 2.75) is 33.1 Å². The first-order chi connectivity index (χ1) is 9.60. The van der Waals surface area contributed by atoms with Gasteiger partial charge < -0.3 is 19.7 Å². The molecule has 2 aromatic rings. The molecule has 0 radical (unpaired) electrons. The molecule has 0 unspecified atom stereocenters. The number of hydrogen-bond acceptors (Lipinski definition) is 5. The maximum atomic E-state index is 5.85. The lowest BCUT2D eigenvalue weighted by Crippen LogP contribution is -2.05. The SMILES string of the molecule is COCc1cc(COc2ccc([C@@H](C)N)cc2C)no1. The van der Waals surface area contributed by atoms with Crippen LogP contribution in [-0.4, -0.2) is 12.3 Å². The van der Waals surface area contributed by atoms with Crippen molar-refractivity contribution >= 4 is 0 Å². The summed E-state index contributed by atoms with van der Waals surface area (Å²) in [7, 11) is 1.61. The van der Waals surface area contributed by atoms with Crippen LogP contribution in [0.1, 0.15) is 35.5 Å². The highest BCUT2D eigenvalue weighted by Crippen LogP contribution is 2.22. The van der Waals surface area contributed by atoms with Gasteiger partial charge in [0.05, 0.1) is 0 Å². The monoisotopic (exact) mass is 276 g/mol. The van der Waals surface area contributed by atoms with Crippen molar-refractivity contribution < 1.29 is 14.0 Å². The first-order valence-electron chi connectivity index (χ1n) is 6.52. The molecule has 1 heterocycles. The number of methoxy groups -OCH3 is 1. The number of ether oxygens (including phenoxy) is 2. The number of rotatable bonds is 6. The summed E-state index contributed by atoms with van der Waals surface area (Å²) in [6, 6.07) is 7.81. The number of nitrogens with two attached hydrogens (primary N) is 1. The lowest BCUT2D eigenvalue weighted by atomic mass is 10.1. The first-order valence-corrected chi connectivity index (χ1v) is 6.52. The number of nitrogens with zero attached hydrogens (tertiary/aromatic N) is 1. The van der Waals surface area contributed by atoms with Crippen LogP contribution in [0, 0.1) is 6.92 Å². The third kappa shape index (κ3) is 3.59. The van der Waals surface area contributed by atoms with E-state index in [0.29, 0.717) is 19.0 Å². The van der Waals surface area contributed by atoms with E-state index in [4.69, 9.17) is 19.7 Å². The van der Waals surface area contributed by atoms with Crippen LogP contribution >= 0.6 is 0 Å². The molecule has 0 fully saturated rings. The van der Waals surface area contributed by atoms with E-state index < -0.39 is 0 Å². The molecule has 0 bridgehead atoms. The van der Waals surface area contributed by atoms with E-state index in [-0.39, 0.29) is 6.04 Å². The second kappa shape index (κ2) is 6.54. The molecular weight excluding hydrogens is 256 g/mol. The molecule has 0 spiro atoms. The van der Waals surface area contributed by atoms with E-state index in [1.165, 1.54) is 0 Å². The van der Waals surface area contributed by atoms with Gasteiger partial charge in [0.25, 0.3) is 0 Å².